The first kappa shape index (κ1) is 14.9. The first-order valence-corrected chi connectivity index (χ1v) is 6.58. The number of halogens is 4. The second kappa shape index (κ2) is 4.47. The second-order valence-electron chi connectivity index (χ2n) is 4.99. The van der Waals surface area contributed by atoms with E-state index in [-0.39, 0.29) is 27.3 Å². The fourth-order valence-electron chi connectivity index (χ4n) is 2.84. The Kier molecular flexibility index (Phi) is 3.02. The maximum atomic E-state index is 13.6. The zero-order chi connectivity index (χ0) is 16.3. The van der Waals surface area contributed by atoms with Gasteiger partial charge in [-0.15, -0.1) is 0 Å². The smallest absolute Gasteiger partial charge is 0.372 e. The molecular weight excluding hydrogens is 319 g/mol. The monoisotopic (exact) mass is 327 g/mol. The van der Waals surface area contributed by atoms with E-state index in [1.54, 1.807) is 0 Å². The zero-order valence-corrected chi connectivity index (χ0v) is 11.7. The highest BCUT2D eigenvalue weighted by Gasteiger charge is 2.61. The van der Waals surface area contributed by atoms with Crippen molar-refractivity contribution in [1.82, 2.24) is 0 Å². The van der Waals surface area contributed by atoms with Crippen LogP contribution in [0.5, 0.6) is 0 Å². The van der Waals surface area contributed by atoms with Crippen molar-refractivity contribution < 1.29 is 23.1 Å². The van der Waals surface area contributed by atoms with Crippen molar-refractivity contribution in [2.24, 2.45) is 5.73 Å². The summed E-state index contributed by atoms with van der Waals surface area (Å²) < 4.78 is 40.7. The highest BCUT2D eigenvalue weighted by molar-refractivity contribution is 6.31. The van der Waals surface area contributed by atoms with Crippen LogP contribution in [0.15, 0.2) is 36.4 Å². The molecule has 2 aromatic carbocycles. The molecule has 114 valence electrons. The van der Waals surface area contributed by atoms with Gasteiger partial charge < -0.3 is 10.8 Å². The van der Waals surface area contributed by atoms with Crippen LogP contribution in [0.1, 0.15) is 21.5 Å². The van der Waals surface area contributed by atoms with Gasteiger partial charge in [0, 0.05) is 27.3 Å². The SMILES string of the molecule is NC(=O)c1cc(Cl)cc2c1-c1ccccc1C2(O)C(F)(F)F. The van der Waals surface area contributed by atoms with Gasteiger partial charge in [-0.2, -0.15) is 13.2 Å². The summed E-state index contributed by atoms with van der Waals surface area (Å²) in [6.07, 6.45) is -4.98. The number of fused-ring (bicyclic) bond motifs is 3. The maximum Gasteiger partial charge on any atom is 0.425 e. The van der Waals surface area contributed by atoms with Crippen molar-refractivity contribution in [3.63, 3.8) is 0 Å². The average Bonchev–Trinajstić information content (AvgIpc) is 2.69. The molecule has 22 heavy (non-hydrogen) atoms. The summed E-state index contributed by atoms with van der Waals surface area (Å²) in [6, 6.07) is 7.68. The fraction of sp³-hybridized carbons (Fsp3) is 0.133. The highest BCUT2D eigenvalue weighted by atomic mass is 35.5. The van der Waals surface area contributed by atoms with Gasteiger partial charge in [-0.05, 0) is 17.7 Å². The van der Waals surface area contributed by atoms with Crippen LogP contribution < -0.4 is 5.73 Å². The molecule has 1 amide bonds. The molecule has 0 aromatic heterocycles. The third kappa shape index (κ3) is 1.77. The lowest BCUT2D eigenvalue weighted by Gasteiger charge is -2.28. The van der Waals surface area contributed by atoms with Crippen LogP contribution >= 0.6 is 11.6 Å². The predicted octanol–water partition coefficient (Wildman–Crippen LogP) is 3.22. The number of aliphatic hydroxyl groups is 1. The van der Waals surface area contributed by atoms with Gasteiger partial charge in [-0.3, -0.25) is 4.79 Å². The van der Waals surface area contributed by atoms with E-state index in [0.29, 0.717) is 0 Å². The molecule has 1 atom stereocenters. The number of hydrogen-bond donors (Lipinski definition) is 2. The van der Waals surface area contributed by atoms with Gasteiger partial charge in [-0.25, -0.2) is 0 Å². The van der Waals surface area contributed by atoms with Crippen LogP contribution in [0.3, 0.4) is 0 Å². The van der Waals surface area contributed by atoms with Crippen LogP contribution in [0.4, 0.5) is 13.2 Å². The minimum Gasteiger partial charge on any atom is -0.372 e. The van der Waals surface area contributed by atoms with E-state index >= 15 is 0 Å². The Labute approximate surface area is 128 Å². The number of carbonyl (C=O) groups is 1. The minimum absolute atomic E-state index is 0.0349. The number of nitrogens with two attached hydrogens (primary N) is 1. The summed E-state index contributed by atoms with van der Waals surface area (Å²) in [5, 5.41) is 10.3. The Morgan fingerprint density at radius 1 is 1.18 bits per heavy atom. The van der Waals surface area contributed by atoms with Gasteiger partial charge in [-0.1, -0.05) is 35.9 Å². The lowest BCUT2D eigenvalue weighted by molar-refractivity contribution is -0.246. The second-order valence-corrected chi connectivity index (χ2v) is 5.43. The summed E-state index contributed by atoms with van der Waals surface area (Å²) in [7, 11) is 0. The van der Waals surface area contributed by atoms with Crippen molar-refractivity contribution in [2.75, 3.05) is 0 Å². The van der Waals surface area contributed by atoms with Crippen molar-refractivity contribution in [3.8, 4) is 11.1 Å². The summed E-state index contributed by atoms with van der Waals surface area (Å²) in [5.74, 6) is -0.917. The molecule has 0 bridgehead atoms. The third-order valence-electron chi connectivity index (χ3n) is 3.75. The Morgan fingerprint density at radius 2 is 1.82 bits per heavy atom. The summed E-state index contributed by atoms with van der Waals surface area (Å²) in [4.78, 5) is 11.6. The number of primary amides is 1. The first-order chi connectivity index (χ1) is 10.2. The molecule has 0 radical (unpaired) electrons. The number of benzene rings is 2. The van der Waals surface area contributed by atoms with E-state index in [4.69, 9.17) is 17.3 Å². The van der Waals surface area contributed by atoms with Crippen LogP contribution in [0.2, 0.25) is 5.02 Å². The van der Waals surface area contributed by atoms with Gasteiger partial charge in [0.15, 0.2) is 0 Å². The van der Waals surface area contributed by atoms with Crippen LogP contribution in [-0.2, 0) is 5.60 Å². The van der Waals surface area contributed by atoms with Crippen molar-refractivity contribution in [2.45, 2.75) is 11.8 Å². The Morgan fingerprint density at radius 3 is 2.41 bits per heavy atom. The fourth-order valence-corrected chi connectivity index (χ4v) is 3.06. The first-order valence-electron chi connectivity index (χ1n) is 6.20. The molecule has 2 aromatic rings. The van der Waals surface area contributed by atoms with E-state index < -0.39 is 23.2 Å². The molecule has 0 aliphatic heterocycles. The molecule has 0 saturated heterocycles. The maximum absolute atomic E-state index is 13.6. The number of rotatable bonds is 1. The molecule has 1 aliphatic rings. The summed E-state index contributed by atoms with van der Waals surface area (Å²) in [5.41, 5.74) is 1.11. The summed E-state index contributed by atoms with van der Waals surface area (Å²) >= 11 is 5.81. The van der Waals surface area contributed by atoms with E-state index in [0.717, 1.165) is 6.07 Å². The number of amides is 1. The quantitative estimate of drug-likeness (QED) is 0.844. The van der Waals surface area contributed by atoms with E-state index in [1.165, 1.54) is 30.3 Å². The molecular formula is C15H9ClF3NO2. The van der Waals surface area contributed by atoms with Gasteiger partial charge >= 0.3 is 6.18 Å². The molecule has 0 spiro atoms. The topological polar surface area (TPSA) is 63.3 Å². The Bertz CT molecular complexity index is 804. The lowest BCUT2D eigenvalue weighted by atomic mass is 9.90. The molecule has 0 saturated carbocycles. The van der Waals surface area contributed by atoms with Gasteiger partial charge in [0.2, 0.25) is 11.5 Å². The minimum atomic E-state index is -4.98. The molecule has 3 rings (SSSR count). The van der Waals surface area contributed by atoms with Gasteiger partial charge in [0.05, 0.1) is 0 Å². The van der Waals surface area contributed by atoms with E-state index in [1.807, 2.05) is 0 Å². The van der Waals surface area contributed by atoms with Crippen LogP contribution in [-0.4, -0.2) is 17.2 Å². The summed E-state index contributed by atoms with van der Waals surface area (Å²) in [6.45, 7) is 0. The molecule has 1 unspecified atom stereocenters. The van der Waals surface area contributed by atoms with Crippen LogP contribution in [0, 0.1) is 0 Å². The van der Waals surface area contributed by atoms with Crippen molar-refractivity contribution in [3.05, 3.63) is 58.1 Å². The molecule has 3 N–H and O–H groups in total. The molecule has 1 aliphatic carbocycles. The zero-order valence-electron chi connectivity index (χ0n) is 10.9. The molecule has 0 heterocycles. The van der Waals surface area contributed by atoms with Gasteiger partial charge in [0.1, 0.15) is 0 Å². The highest BCUT2D eigenvalue weighted by Crippen LogP contribution is 2.56. The van der Waals surface area contributed by atoms with Crippen LogP contribution in [0.25, 0.3) is 11.1 Å². The standard InChI is InChI=1S/C15H9ClF3NO2/c16-7-5-9(13(20)21)12-8-3-1-2-4-10(8)14(22,11(12)6-7)15(17,18)19/h1-6,22H,(H2,20,21). The predicted molar refractivity (Wildman–Crippen MR) is 74.5 cm³/mol. The average molecular weight is 328 g/mol. The van der Waals surface area contributed by atoms with E-state index in [9.17, 15) is 23.1 Å². The molecule has 0 fully saturated rings. The lowest BCUT2D eigenvalue weighted by Crippen LogP contribution is -2.41. The van der Waals surface area contributed by atoms with Crippen molar-refractivity contribution in [1.29, 1.82) is 0 Å². The van der Waals surface area contributed by atoms with Gasteiger partial charge in [0.25, 0.3) is 0 Å². The largest absolute Gasteiger partial charge is 0.425 e. The van der Waals surface area contributed by atoms with E-state index in [2.05, 4.69) is 0 Å². The molecule has 3 nitrogen and oxygen atoms in total. The third-order valence-corrected chi connectivity index (χ3v) is 3.97. The normalized spacial score (nSPS) is 19.7. The molecule has 7 heteroatoms. The number of alkyl halides is 3. The number of hydrogen-bond acceptors (Lipinski definition) is 2. The number of carbonyl (C=O) groups excluding carboxylic acids is 1. The van der Waals surface area contributed by atoms with Crippen molar-refractivity contribution >= 4 is 17.5 Å². The Balaban J connectivity index is 2.50. The Hall–Kier alpha value is -2.05.